The van der Waals surface area contributed by atoms with Gasteiger partial charge in [0, 0.05) is 4.88 Å². The number of aryl methyl sites for hydroxylation is 2. The van der Waals surface area contributed by atoms with Crippen LogP contribution in [-0.4, -0.2) is 22.7 Å². The fraction of sp³-hybridized carbons (Fsp3) is 0.429. The summed E-state index contributed by atoms with van der Waals surface area (Å²) in [6.07, 6.45) is 1.48. The number of aromatic nitrogens is 1. The third kappa shape index (κ3) is 4.05. The number of hydrogen-bond acceptors (Lipinski definition) is 5. The Hall–Kier alpha value is -1.86. The van der Waals surface area contributed by atoms with E-state index in [0.717, 1.165) is 15.6 Å². The maximum Gasteiger partial charge on any atom is 0.315 e. The molecule has 0 spiro atoms. The molecule has 0 bridgehead atoms. The van der Waals surface area contributed by atoms with Crippen LogP contribution in [0.2, 0.25) is 0 Å². The molecule has 0 saturated heterocycles. The van der Waals surface area contributed by atoms with Crippen LogP contribution in [0.5, 0.6) is 0 Å². The summed E-state index contributed by atoms with van der Waals surface area (Å²) in [7, 11) is 0. The van der Waals surface area contributed by atoms with Crippen molar-refractivity contribution in [1.29, 1.82) is 0 Å². The molecule has 3 N–H and O–H groups in total. The first-order valence-electron chi connectivity index (χ1n) is 6.59. The van der Waals surface area contributed by atoms with Gasteiger partial charge in [-0.3, -0.25) is 0 Å². The van der Waals surface area contributed by atoms with Crippen molar-refractivity contribution in [2.24, 2.45) is 0 Å². The Balaban J connectivity index is 1.80. The Morgan fingerprint density at radius 2 is 2.24 bits per heavy atom. The topological polar surface area (TPSA) is 87.4 Å². The minimum atomic E-state index is -1.24. The molecule has 2 heterocycles. The van der Waals surface area contributed by atoms with Crippen LogP contribution in [0.3, 0.4) is 0 Å². The fourth-order valence-electron chi connectivity index (χ4n) is 1.76. The van der Waals surface area contributed by atoms with Gasteiger partial charge in [-0.25, -0.2) is 9.78 Å². The van der Waals surface area contributed by atoms with Crippen molar-refractivity contribution in [3.05, 3.63) is 39.7 Å². The van der Waals surface area contributed by atoms with E-state index in [0.29, 0.717) is 12.3 Å². The van der Waals surface area contributed by atoms with E-state index in [1.807, 2.05) is 13.8 Å². The highest BCUT2D eigenvalue weighted by Gasteiger charge is 2.26. The molecule has 7 heteroatoms. The Labute approximate surface area is 127 Å². The van der Waals surface area contributed by atoms with Gasteiger partial charge in [-0.05, 0) is 32.9 Å². The zero-order valence-corrected chi connectivity index (χ0v) is 13.1. The molecular weight excluding hydrogens is 290 g/mol. The second-order valence-corrected chi connectivity index (χ2v) is 6.32. The van der Waals surface area contributed by atoms with Gasteiger partial charge in [0.25, 0.3) is 0 Å². The van der Waals surface area contributed by atoms with Gasteiger partial charge in [0.2, 0.25) is 0 Å². The van der Waals surface area contributed by atoms with Crippen LogP contribution in [0.15, 0.2) is 22.8 Å². The van der Waals surface area contributed by atoms with E-state index in [-0.39, 0.29) is 12.6 Å². The lowest BCUT2D eigenvalue weighted by Crippen LogP contribution is -2.43. The molecular formula is C14H19N3O3S. The zero-order chi connectivity index (χ0) is 15.5. The molecule has 2 amide bonds. The first kappa shape index (κ1) is 15.5. The standard InChI is InChI=1S/C14H19N3O3S/c1-9-10(2)21-12(17-9)7-15-13(18)16-8-14(3,19)11-5-4-6-20-11/h4-6,19H,7-8H2,1-3H3,(H2,15,16,18). The van der Waals surface area contributed by atoms with Gasteiger partial charge < -0.3 is 20.2 Å². The van der Waals surface area contributed by atoms with Crippen molar-refractivity contribution in [2.45, 2.75) is 32.9 Å². The number of urea groups is 1. The number of furan rings is 1. The lowest BCUT2D eigenvalue weighted by molar-refractivity contribution is 0.0367. The van der Waals surface area contributed by atoms with E-state index >= 15 is 0 Å². The van der Waals surface area contributed by atoms with E-state index < -0.39 is 5.60 Å². The molecule has 2 aromatic rings. The van der Waals surface area contributed by atoms with Gasteiger partial charge in [0.1, 0.15) is 16.4 Å². The van der Waals surface area contributed by atoms with Crippen molar-refractivity contribution in [1.82, 2.24) is 15.6 Å². The lowest BCUT2D eigenvalue weighted by atomic mass is 10.0. The Morgan fingerprint density at radius 1 is 1.48 bits per heavy atom. The zero-order valence-electron chi connectivity index (χ0n) is 12.3. The Bertz CT molecular complexity index is 586. The lowest BCUT2D eigenvalue weighted by Gasteiger charge is -2.21. The van der Waals surface area contributed by atoms with E-state index in [9.17, 15) is 9.90 Å². The summed E-state index contributed by atoms with van der Waals surface area (Å²) in [4.78, 5) is 17.2. The van der Waals surface area contributed by atoms with Gasteiger partial charge in [-0.1, -0.05) is 0 Å². The largest absolute Gasteiger partial charge is 0.466 e. The second kappa shape index (κ2) is 6.28. The molecule has 0 aliphatic rings. The van der Waals surface area contributed by atoms with E-state index in [1.165, 1.54) is 6.26 Å². The monoisotopic (exact) mass is 309 g/mol. The number of carbonyl (C=O) groups excluding carboxylic acids is 1. The van der Waals surface area contributed by atoms with Crippen LogP contribution in [-0.2, 0) is 12.1 Å². The molecule has 2 rings (SSSR count). The van der Waals surface area contributed by atoms with Crippen LogP contribution >= 0.6 is 11.3 Å². The van der Waals surface area contributed by atoms with Crippen molar-refractivity contribution in [3.8, 4) is 0 Å². The average molecular weight is 309 g/mol. The highest BCUT2D eigenvalue weighted by atomic mass is 32.1. The number of hydrogen-bond donors (Lipinski definition) is 3. The van der Waals surface area contributed by atoms with Crippen LogP contribution in [0.4, 0.5) is 4.79 Å². The predicted octanol–water partition coefficient (Wildman–Crippen LogP) is 2.06. The summed E-state index contributed by atoms with van der Waals surface area (Å²) < 4.78 is 5.15. The van der Waals surface area contributed by atoms with Crippen LogP contribution in [0.25, 0.3) is 0 Å². The minimum Gasteiger partial charge on any atom is -0.466 e. The molecule has 0 aliphatic heterocycles. The first-order chi connectivity index (χ1) is 9.88. The minimum absolute atomic E-state index is 0.0578. The van der Waals surface area contributed by atoms with E-state index in [4.69, 9.17) is 4.42 Å². The molecule has 0 aromatic carbocycles. The number of nitrogens with zero attached hydrogens (tertiary/aromatic N) is 1. The highest BCUT2D eigenvalue weighted by Crippen LogP contribution is 2.19. The molecule has 0 fully saturated rings. The molecule has 1 unspecified atom stereocenters. The SMILES string of the molecule is Cc1nc(CNC(=O)NCC(C)(O)c2ccco2)sc1C. The van der Waals surface area contributed by atoms with E-state index in [2.05, 4.69) is 15.6 Å². The first-order valence-corrected chi connectivity index (χ1v) is 7.41. The molecule has 1 atom stereocenters. The Morgan fingerprint density at radius 3 is 2.81 bits per heavy atom. The third-order valence-corrected chi connectivity index (χ3v) is 4.19. The number of amides is 2. The van der Waals surface area contributed by atoms with E-state index in [1.54, 1.807) is 30.4 Å². The summed E-state index contributed by atoms with van der Waals surface area (Å²) in [5.74, 6) is 0.411. The highest BCUT2D eigenvalue weighted by molar-refractivity contribution is 7.11. The molecule has 0 aliphatic carbocycles. The fourth-order valence-corrected chi connectivity index (χ4v) is 2.63. The summed E-state index contributed by atoms with van der Waals surface area (Å²) in [6.45, 7) is 5.95. The molecule has 2 aromatic heterocycles. The van der Waals surface area contributed by atoms with Gasteiger partial charge in [-0.15, -0.1) is 11.3 Å². The number of thiazole rings is 1. The van der Waals surface area contributed by atoms with Gasteiger partial charge >= 0.3 is 6.03 Å². The molecule has 6 nitrogen and oxygen atoms in total. The normalized spacial score (nSPS) is 13.7. The quantitative estimate of drug-likeness (QED) is 0.789. The molecule has 0 radical (unpaired) electrons. The number of aliphatic hydroxyl groups is 1. The molecule has 114 valence electrons. The average Bonchev–Trinajstić information content (AvgIpc) is 3.06. The summed E-state index contributed by atoms with van der Waals surface area (Å²) in [5, 5.41) is 16.4. The van der Waals surface area contributed by atoms with Crippen molar-refractivity contribution in [3.63, 3.8) is 0 Å². The molecule has 21 heavy (non-hydrogen) atoms. The smallest absolute Gasteiger partial charge is 0.315 e. The van der Waals surface area contributed by atoms with Gasteiger partial charge in [-0.2, -0.15) is 0 Å². The van der Waals surface area contributed by atoms with Crippen LogP contribution in [0, 0.1) is 13.8 Å². The maximum atomic E-state index is 11.7. The Kier molecular flexibility index (Phi) is 4.64. The summed E-state index contributed by atoms with van der Waals surface area (Å²) in [5.41, 5.74) is -0.257. The number of carbonyl (C=O) groups is 1. The summed E-state index contributed by atoms with van der Waals surface area (Å²) >= 11 is 1.56. The van der Waals surface area contributed by atoms with Gasteiger partial charge in [0.15, 0.2) is 0 Å². The van der Waals surface area contributed by atoms with Gasteiger partial charge in [0.05, 0.1) is 25.0 Å². The number of rotatable bonds is 5. The third-order valence-electron chi connectivity index (χ3n) is 3.12. The summed E-state index contributed by atoms with van der Waals surface area (Å²) in [6, 6.07) is 3.00. The van der Waals surface area contributed by atoms with Crippen molar-refractivity contribution < 1.29 is 14.3 Å². The predicted molar refractivity (Wildman–Crippen MR) is 80.1 cm³/mol. The van der Waals surface area contributed by atoms with Crippen LogP contribution < -0.4 is 10.6 Å². The van der Waals surface area contributed by atoms with Crippen molar-refractivity contribution >= 4 is 17.4 Å². The molecule has 0 saturated carbocycles. The second-order valence-electron chi connectivity index (χ2n) is 5.04. The van der Waals surface area contributed by atoms with Crippen molar-refractivity contribution in [2.75, 3.05) is 6.54 Å². The van der Waals surface area contributed by atoms with Crippen LogP contribution in [0.1, 0.15) is 28.3 Å². The maximum absolute atomic E-state index is 11.7. The number of nitrogens with one attached hydrogen (secondary N) is 2.